The molecule has 2 atom stereocenters. The van der Waals surface area contributed by atoms with Gasteiger partial charge in [-0.15, -0.1) is 0 Å². The maximum absolute atomic E-state index is 12.1. The Labute approximate surface area is 111 Å². The van der Waals surface area contributed by atoms with Crippen LogP contribution in [-0.2, 0) is 9.53 Å². The van der Waals surface area contributed by atoms with Gasteiger partial charge >= 0.3 is 0 Å². The molecule has 1 amide bonds. The fourth-order valence-electron chi connectivity index (χ4n) is 2.49. The van der Waals surface area contributed by atoms with Crippen molar-refractivity contribution in [2.24, 2.45) is 0 Å². The van der Waals surface area contributed by atoms with E-state index in [-0.39, 0.29) is 18.0 Å². The Balaban J connectivity index is 2.30. The highest BCUT2D eigenvalue weighted by Gasteiger charge is 2.21. The van der Waals surface area contributed by atoms with Crippen molar-refractivity contribution in [1.82, 2.24) is 10.6 Å². The van der Waals surface area contributed by atoms with Crippen molar-refractivity contribution in [2.45, 2.75) is 70.5 Å². The van der Waals surface area contributed by atoms with E-state index in [9.17, 15) is 4.79 Å². The number of hydrogen-bond donors (Lipinski definition) is 2. The zero-order valence-electron chi connectivity index (χ0n) is 12.0. The van der Waals surface area contributed by atoms with Gasteiger partial charge in [-0.1, -0.05) is 26.2 Å². The molecule has 1 saturated carbocycles. The van der Waals surface area contributed by atoms with Crippen molar-refractivity contribution in [3.05, 3.63) is 0 Å². The molecule has 4 heteroatoms. The van der Waals surface area contributed by atoms with Gasteiger partial charge in [0.2, 0.25) is 5.91 Å². The predicted molar refractivity (Wildman–Crippen MR) is 73.6 cm³/mol. The molecule has 1 aliphatic rings. The second-order valence-electron chi connectivity index (χ2n) is 5.29. The SMILES string of the molecule is CCC(COC)NC(C)C(=O)NC1CCCCC1. The molecule has 2 unspecified atom stereocenters. The molecule has 0 saturated heterocycles. The minimum absolute atomic E-state index is 0.122. The Morgan fingerprint density at radius 2 is 2.00 bits per heavy atom. The van der Waals surface area contributed by atoms with Crippen molar-refractivity contribution in [1.29, 1.82) is 0 Å². The molecular weight excluding hydrogens is 228 g/mol. The third-order valence-corrected chi connectivity index (χ3v) is 3.69. The molecule has 0 aromatic carbocycles. The maximum atomic E-state index is 12.1. The summed E-state index contributed by atoms with van der Waals surface area (Å²) in [4.78, 5) is 12.1. The normalized spacial score (nSPS) is 20.4. The standard InChI is InChI=1S/C14H28N2O2/c1-4-12(10-18-3)15-11(2)14(17)16-13-8-6-5-7-9-13/h11-13,15H,4-10H2,1-3H3,(H,16,17). The summed E-state index contributed by atoms with van der Waals surface area (Å²) >= 11 is 0. The van der Waals surface area contributed by atoms with Crippen molar-refractivity contribution >= 4 is 5.91 Å². The first-order valence-corrected chi connectivity index (χ1v) is 7.22. The fourth-order valence-corrected chi connectivity index (χ4v) is 2.49. The number of ether oxygens (including phenoxy) is 1. The largest absolute Gasteiger partial charge is 0.383 e. The summed E-state index contributed by atoms with van der Waals surface area (Å²) in [6.07, 6.45) is 7.03. The van der Waals surface area contributed by atoms with Gasteiger partial charge in [0.15, 0.2) is 0 Å². The van der Waals surface area contributed by atoms with Gasteiger partial charge in [0.25, 0.3) is 0 Å². The Kier molecular flexibility index (Phi) is 7.28. The van der Waals surface area contributed by atoms with E-state index >= 15 is 0 Å². The molecule has 1 aliphatic carbocycles. The van der Waals surface area contributed by atoms with Crippen molar-refractivity contribution < 1.29 is 9.53 Å². The van der Waals surface area contributed by atoms with E-state index in [0.29, 0.717) is 12.6 Å². The van der Waals surface area contributed by atoms with E-state index in [4.69, 9.17) is 4.74 Å². The summed E-state index contributed by atoms with van der Waals surface area (Å²) < 4.78 is 5.13. The van der Waals surface area contributed by atoms with E-state index < -0.39 is 0 Å². The lowest BCUT2D eigenvalue weighted by Crippen LogP contribution is -2.50. The van der Waals surface area contributed by atoms with Crippen LogP contribution >= 0.6 is 0 Å². The van der Waals surface area contributed by atoms with Crippen LogP contribution in [0.3, 0.4) is 0 Å². The highest BCUT2D eigenvalue weighted by atomic mass is 16.5. The molecule has 1 rings (SSSR count). The van der Waals surface area contributed by atoms with Crippen LogP contribution in [0.4, 0.5) is 0 Å². The molecule has 0 radical (unpaired) electrons. The van der Waals surface area contributed by atoms with Gasteiger partial charge in [-0.05, 0) is 26.2 Å². The molecule has 2 N–H and O–H groups in total. The highest BCUT2D eigenvalue weighted by Crippen LogP contribution is 2.17. The van der Waals surface area contributed by atoms with E-state index in [1.807, 2.05) is 6.92 Å². The summed E-state index contributed by atoms with van der Waals surface area (Å²) in [5.41, 5.74) is 0. The van der Waals surface area contributed by atoms with Crippen LogP contribution in [0.5, 0.6) is 0 Å². The Morgan fingerprint density at radius 1 is 1.33 bits per heavy atom. The molecule has 0 aromatic rings. The summed E-state index contributed by atoms with van der Waals surface area (Å²) in [6.45, 7) is 4.68. The minimum Gasteiger partial charge on any atom is -0.383 e. The highest BCUT2D eigenvalue weighted by molar-refractivity contribution is 5.81. The van der Waals surface area contributed by atoms with E-state index in [2.05, 4.69) is 17.6 Å². The van der Waals surface area contributed by atoms with Gasteiger partial charge < -0.3 is 15.4 Å². The van der Waals surface area contributed by atoms with Gasteiger partial charge in [-0.25, -0.2) is 0 Å². The van der Waals surface area contributed by atoms with E-state index in [1.54, 1.807) is 7.11 Å². The average molecular weight is 256 g/mol. The quantitative estimate of drug-likeness (QED) is 0.731. The molecule has 0 aromatic heterocycles. The average Bonchev–Trinajstić information content (AvgIpc) is 2.39. The summed E-state index contributed by atoms with van der Waals surface area (Å²) in [7, 11) is 1.69. The Hall–Kier alpha value is -0.610. The van der Waals surface area contributed by atoms with Gasteiger partial charge in [0.1, 0.15) is 0 Å². The van der Waals surface area contributed by atoms with Crippen LogP contribution in [0, 0.1) is 0 Å². The number of amides is 1. The van der Waals surface area contributed by atoms with Crippen molar-refractivity contribution in [3.63, 3.8) is 0 Å². The molecule has 106 valence electrons. The zero-order valence-corrected chi connectivity index (χ0v) is 12.0. The second kappa shape index (κ2) is 8.48. The van der Waals surface area contributed by atoms with Gasteiger partial charge in [0, 0.05) is 19.2 Å². The third kappa shape index (κ3) is 5.36. The van der Waals surface area contributed by atoms with E-state index in [0.717, 1.165) is 19.3 Å². The molecular formula is C14H28N2O2. The van der Waals surface area contributed by atoms with Crippen LogP contribution in [0.1, 0.15) is 52.4 Å². The van der Waals surface area contributed by atoms with Crippen molar-refractivity contribution in [2.75, 3.05) is 13.7 Å². The number of carbonyl (C=O) groups excluding carboxylic acids is 1. The number of carbonyl (C=O) groups is 1. The summed E-state index contributed by atoms with van der Waals surface area (Å²) in [6, 6.07) is 0.493. The number of nitrogens with one attached hydrogen (secondary N) is 2. The number of methoxy groups -OCH3 is 1. The zero-order chi connectivity index (χ0) is 13.4. The number of rotatable bonds is 7. The molecule has 0 bridgehead atoms. The van der Waals surface area contributed by atoms with E-state index in [1.165, 1.54) is 19.3 Å². The first-order valence-electron chi connectivity index (χ1n) is 7.22. The first kappa shape index (κ1) is 15.4. The second-order valence-corrected chi connectivity index (χ2v) is 5.29. The fraction of sp³-hybridized carbons (Fsp3) is 0.929. The monoisotopic (exact) mass is 256 g/mol. The van der Waals surface area contributed by atoms with Gasteiger partial charge in [-0.3, -0.25) is 4.79 Å². The predicted octanol–water partition coefficient (Wildman–Crippen LogP) is 1.84. The first-order chi connectivity index (χ1) is 8.67. The lowest BCUT2D eigenvalue weighted by Gasteiger charge is -2.26. The lowest BCUT2D eigenvalue weighted by molar-refractivity contribution is -0.124. The van der Waals surface area contributed by atoms with Crippen LogP contribution in [0.2, 0.25) is 0 Å². The smallest absolute Gasteiger partial charge is 0.237 e. The molecule has 4 nitrogen and oxygen atoms in total. The minimum atomic E-state index is -0.146. The lowest BCUT2D eigenvalue weighted by atomic mass is 9.95. The number of hydrogen-bond acceptors (Lipinski definition) is 3. The van der Waals surface area contributed by atoms with Gasteiger partial charge in [0.05, 0.1) is 12.6 Å². The summed E-state index contributed by atoms with van der Waals surface area (Å²) in [5.74, 6) is 0.122. The molecule has 0 aliphatic heterocycles. The maximum Gasteiger partial charge on any atom is 0.237 e. The van der Waals surface area contributed by atoms with Crippen LogP contribution < -0.4 is 10.6 Å². The Bertz CT molecular complexity index is 240. The molecule has 18 heavy (non-hydrogen) atoms. The molecule has 0 heterocycles. The van der Waals surface area contributed by atoms with Crippen molar-refractivity contribution in [3.8, 4) is 0 Å². The molecule has 0 spiro atoms. The van der Waals surface area contributed by atoms with Gasteiger partial charge in [-0.2, -0.15) is 0 Å². The Morgan fingerprint density at radius 3 is 2.56 bits per heavy atom. The third-order valence-electron chi connectivity index (χ3n) is 3.69. The molecule has 1 fully saturated rings. The summed E-state index contributed by atoms with van der Waals surface area (Å²) in [5, 5.41) is 6.47. The van der Waals surface area contributed by atoms with Crippen LogP contribution in [-0.4, -0.2) is 37.7 Å². The van der Waals surface area contributed by atoms with Crippen LogP contribution in [0.25, 0.3) is 0 Å². The topological polar surface area (TPSA) is 50.4 Å². The van der Waals surface area contributed by atoms with Crippen LogP contribution in [0.15, 0.2) is 0 Å².